The van der Waals surface area contributed by atoms with Crippen molar-refractivity contribution in [1.82, 2.24) is 0 Å². The third-order valence-corrected chi connectivity index (χ3v) is 1.57. The molecule has 11 heavy (non-hydrogen) atoms. The van der Waals surface area contributed by atoms with Crippen LogP contribution in [0, 0.1) is 5.41 Å². The fraction of sp³-hybridized carbons (Fsp3) is 0.875. The van der Waals surface area contributed by atoms with Crippen LogP contribution in [0.15, 0.2) is 0 Å². The number of nitrogens with two attached hydrogens (primary N) is 1. The normalized spacial score (nSPS) is 14.6. The molecule has 0 aliphatic heterocycles. The number of carbonyl (C=O) groups is 1. The Morgan fingerprint density at radius 3 is 2.27 bits per heavy atom. The first-order valence-corrected chi connectivity index (χ1v) is 3.67. The number of carbonyl (C=O) groups excluding carboxylic acids is 1. The molecule has 0 amide bonds. The molecule has 66 valence electrons. The van der Waals surface area contributed by atoms with Gasteiger partial charge in [-0.2, -0.15) is 0 Å². The second-order valence-corrected chi connectivity index (χ2v) is 3.74. The van der Waals surface area contributed by atoms with Crippen molar-refractivity contribution in [1.29, 1.82) is 0 Å². The van der Waals surface area contributed by atoms with Gasteiger partial charge in [-0.3, -0.25) is 4.79 Å². The van der Waals surface area contributed by atoms with Crippen molar-refractivity contribution < 1.29 is 9.53 Å². The largest absolute Gasteiger partial charge is 0.377 e. The minimum atomic E-state index is -0.428. The molecule has 0 radical (unpaired) electrons. The van der Waals surface area contributed by atoms with Gasteiger partial charge in [0.15, 0.2) is 5.78 Å². The summed E-state index contributed by atoms with van der Waals surface area (Å²) in [5.41, 5.74) is 5.48. The molecule has 0 saturated carbocycles. The van der Waals surface area contributed by atoms with Gasteiger partial charge in [-0.25, -0.2) is 0 Å². The number of rotatable bonds is 3. The zero-order valence-electron chi connectivity index (χ0n) is 7.68. The number of hydrogen-bond donors (Lipinski definition) is 1. The van der Waals surface area contributed by atoms with E-state index in [-0.39, 0.29) is 17.8 Å². The Kier molecular flexibility index (Phi) is 3.69. The molecule has 1 unspecified atom stereocenters. The van der Waals surface area contributed by atoms with E-state index >= 15 is 0 Å². The summed E-state index contributed by atoms with van der Waals surface area (Å²) >= 11 is 0. The number of ketones is 1. The van der Waals surface area contributed by atoms with Crippen LogP contribution in [0.5, 0.6) is 0 Å². The SMILES string of the molecule is COCC(=O)C(N)C(C)(C)C. The van der Waals surface area contributed by atoms with E-state index in [0.29, 0.717) is 0 Å². The van der Waals surface area contributed by atoms with Crippen LogP contribution in [0.1, 0.15) is 20.8 Å². The van der Waals surface area contributed by atoms with E-state index in [1.54, 1.807) is 0 Å². The molecule has 3 nitrogen and oxygen atoms in total. The van der Waals surface area contributed by atoms with Crippen molar-refractivity contribution in [3.63, 3.8) is 0 Å². The predicted molar refractivity (Wildman–Crippen MR) is 44.3 cm³/mol. The van der Waals surface area contributed by atoms with Crippen molar-refractivity contribution in [2.45, 2.75) is 26.8 Å². The molecule has 0 aromatic heterocycles. The fourth-order valence-corrected chi connectivity index (χ4v) is 0.715. The van der Waals surface area contributed by atoms with Gasteiger partial charge in [0, 0.05) is 7.11 Å². The van der Waals surface area contributed by atoms with Crippen LogP contribution in [0.25, 0.3) is 0 Å². The summed E-state index contributed by atoms with van der Waals surface area (Å²) in [5.74, 6) is -0.0417. The molecule has 0 rings (SSSR count). The van der Waals surface area contributed by atoms with E-state index < -0.39 is 6.04 Å². The smallest absolute Gasteiger partial charge is 0.175 e. The van der Waals surface area contributed by atoms with Gasteiger partial charge in [-0.15, -0.1) is 0 Å². The number of ether oxygens (including phenoxy) is 1. The quantitative estimate of drug-likeness (QED) is 0.655. The fourth-order valence-electron chi connectivity index (χ4n) is 0.715. The number of Topliss-reactive ketones (excluding diaryl/α,β-unsaturated/α-hetero) is 1. The minimum absolute atomic E-state index is 0.0417. The van der Waals surface area contributed by atoms with Gasteiger partial charge < -0.3 is 10.5 Å². The van der Waals surface area contributed by atoms with Crippen LogP contribution in [0.3, 0.4) is 0 Å². The molecule has 0 bridgehead atoms. The third-order valence-electron chi connectivity index (χ3n) is 1.57. The number of methoxy groups -OCH3 is 1. The number of hydrogen-bond acceptors (Lipinski definition) is 3. The average molecular weight is 159 g/mol. The minimum Gasteiger partial charge on any atom is -0.377 e. The highest BCUT2D eigenvalue weighted by Gasteiger charge is 2.26. The van der Waals surface area contributed by atoms with Crippen LogP contribution in [0.4, 0.5) is 0 Å². The Hall–Kier alpha value is -0.410. The highest BCUT2D eigenvalue weighted by Crippen LogP contribution is 2.17. The summed E-state index contributed by atoms with van der Waals surface area (Å²) in [7, 11) is 1.49. The molecule has 0 spiro atoms. The molecule has 0 aliphatic rings. The molecule has 1 atom stereocenters. The molecular formula is C8H17NO2. The molecule has 0 saturated heterocycles. The Balaban J connectivity index is 4.03. The summed E-state index contributed by atoms with van der Waals surface area (Å²) in [6.45, 7) is 5.92. The predicted octanol–water partition coefficient (Wildman–Crippen LogP) is 0.575. The van der Waals surface area contributed by atoms with Crippen molar-refractivity contribution >= 4 is 5.78 Å². The van der Waals surface area contributed by atoms with E-state index in [1.165, 1.54) is 7.11 Å². The maximum Gasteiger partial charge on any atom is 0.175 e. The maximum atomic E-state index is 11.1. The summed E-state index contributed by atoms with van der Waals surface area (Å²) in [6, 6.07) is -0.428. The lowest BCUT2D eigenvalue weighted by atomic mass is 9.85. The van der Waals surface area contributed by atoms with Crippen LogP contribution in [0.2, 0.25) is 0 Å². The first-order chi connectivity index (χ1) is 4.89. The maximum absolute atomic E-state index is 11.1. The van der Waals surface area contributed by atoms with Crippen LogP contribution < -0.4 is 5.73 Å². The zero-order valence-corrected chi connectivity index (χ0v) is 7.68. The van der Waals surface area contributed by atoms with Crippen molar-refractivity contribution in [3.8, 4) is 0 Å². The van der Waals surface area contributed by atoms with Crippen LogP contribution in [-0.4, -0.2) is 25.5 Å². The van der Waals surface area contributed by atoms with Gasteiger partial charge in [0.25, 0.3) is 0 Å². The van der Waals surface area contributed by atoms with Gasteiger partial charge in [-0.1, -0.05) is 20.8 Å². The van der Waals surface area contributed by atoms with Crippen molar-refractivity contribution in [2.75, 3.05) is 13.7 Å². The van der Waals surface area contributed by atoms with Gasteiger partial charge in [0.05, 0.1) is 6.04 Å². The topological polar surface area (TPSA) is 52.3 Å². The lowest BCUT2D eigenvalue weighted by Gasteiger charge is -2.25. The zero-order chi connectivity index (χ0) is 9.07. The molecule has 2 N–H and O–H groups in total. The average Bonchev–Trinajstić information content (AvgIpc) is 1.85. The Morgan fingerprint density at radius 1 is 1.55 bits per heavy atom. The van der Waals surface area contributed by atoms with Crippen LogP contribution >= 0.6 is 0 Å². The monoisotopic (exact) mass is 159 g/mol. The first-order valence-electron chi connectivity index (χ1n) is 3.67. The lowest BCUT2D eigenvalue weighted by Crippen LogP contribution is -2.43. The van der Waals surface area contributed by atoms with E-state index in [2.05, 4.69) is 0 Å². The van der Waals surface area contributed by atoms with Gasteiger partial charge in [0.1, 0.15) is 6.61 Å². The van der Waals surface area contributed by atoms with E-state index in [4.69, 9.17) is 10.5 Å². The Bertz CT molecular complexity index is 138. The molecule has 0 fully saturated rings. The van der Waals surface area contributed by atoms with Gasteiger partial charge >= 0.3 is 0 Å². The van der Waals surface area contributed by atoms with Gasteiger partial charge in [-0.05, 0) is 5.41 Å². The highest BCUT2D eigenvalue weighted by molar-refractivity contribution is 5.85. The molecule has 0 heterocycles. The second-order valence-electron chi connectivity index (χ2n) is 3.74. The highest BCUT2D eigenvalue weighted by atomic mass is 16.5. The van der Waals surface area contributed by atoms with Crippen molar-refractivity contribution in [3.05, 3.63) is 0 Å². The Morgan fingerprint density at radius 2 is 2.00 bits per heavy atom. The van der Waals surface area contributed by atoms with E-state index in [0.717, 1.165) is 0 Å². The molecule has 0 aliphatic carbocycles. The summed E-state index contributed by atoms with van der Waals surface area (Å²) in [6.07, 6.45) is 0. The van der Waals surface area contributed by atoms with Crippen LogP contribution in [-0.2, 0) is 9.53 Å². The standard InChI is InChI=1S/C8H17NO2/c1-8(2,3)7(9)6(10)5-11-4/h7H,5,9H2,1-4H3. The molecule has 0 aromatic carbocycles. The summed E-state index contributed by atoms with van der Waals surface area (Å²) < 4.78 is 4.69. The molecule has 3 heteroatoms. The van der Waals surface area contributed by atoms with E-state index in [1.807, 2.05) is 20.8 Å². The molecule has 0 aromatic rings. The third kappa shape index (κ3) is 3.49. The second kappa shape index (κ2) is 3.83. The summed E-state index contributed by atoms with van der Waals surface area (Å²) in [4.78, 5) is 11.1. The first kappa shape index (κ1) is 10.6. The van der Waals surface area contributed by atoms with E-state index in [9.17, 15) is 4.79 Å². The summed E-state index contributed by atoms with van der Waals surface area (Å²) in [5, 5.41) is 0. The molecular weight excluding hydrogens is 142 g/mol. The van der Waals surface area contributed by atoms with Crippen molar-refractivity contribution in [2.24, 2.45) is 11.1 Å². The van der Waals surface area contributed by atoms with Gasteiger partial charge in [0.2, 0.25) is 0 Å². The lowest BCUT2D eigenvalue weighted by molar-refractivity contribution is -0.126. The Labute approximate surface area is 67.9 Å².